The molecular weight excluding hydrogens is 356 g/mol. The van der Waals surface area contributed by atoms with Crippen LogP contribution in [0.2, 0.25) is 0 Å². The zero-order valence-corrected chi connectivity index (χ0v) is 14.3. The lowest BCUT2D eigenvalue weighted by Gasteiger charge is -2.09. The standard InChI is InChI=1S/C18H17BrN2O2/c1-2-23-17-11-10-15(19)13-16(17)18(22)21-20-12-6-9-14-7-4-3-5-8-14/h3-13H,2H2,1H3,(H,21,22). The van der Waals surface area contributed by atoms with Gasteiger partial charge in [0.05, 0.1) is 12.2 Å². The molecule has 0 spiro atoms. The van der Waals surface area contributed by atoms with Crippen molar-refractivity contribution in [2.75, 3.05) is 6.61 Å². The van der Waals surface area contributed by atoms with Gasteiger partial charge in [0.1, 0.15) is 5.75 Å². The fourth-order valence-corrected chi connectivity index (χ4v) is 2.24. The molecule has 5 heteroatoms. The Morgan fingerprint density at radius 3 is 2.78 bits per heavy atom. The fourth-order valence-electron chi connectivity index (χ4n) is 1.88. The Kier molecular flexibility index (Phi) is 6.56. The molecule has 0 unspecified atom stereocenters. The minimum absolute atomic E-state index is 0.320. The Balaban J connectivity index is 1.98. The third kappa shape index (κ3) is 5.38. The molecule has 0 fully saturated rings. The summed E-state index contributed by atoms with van der Waals surface area (Å²) in [5.74, 6) is 0.210. The summed E-state index contributed by atoms with van der Waals surface area (Å²) in [4.78, 5) is 12.2. The smallest absolute Gasteiger partial charge is 0.275 e. The summed E-state index contributed by atoms with van der Waals surface area (Å²) in [5.41, 5.74) is 3.99. The molecule has 2 aromatic rings. The second-order valence-corrected chi connectivity index (χ2v) is 5.48. The van der Waals surface area contributed by atoms with Gasteiger partial charge in [-0.25, -0.2) is 5.43 Å². The monoisotopic (exact) mass is 372 g/mol. The van der Waals surface area contributed by atoms with Gasteiger partial charge in [-0.05, 0) is 36.8 Å². The summed E-state index contributed by atoms with van der Waals surface area (Å²) in [6.45, 7) is 2.36. The molecule has 0 aliphatic rings. The topological polar surface area (TPSA) is 50.7 Å². The Bertz CT molecular complexity index is 712. The molecule has 4 nitrogen and oxygen atoms in total. The molecule has 1 amide bonds. The van der Waals surface area contributed by atoms with E-state index in [4.69, 9.17) is 4.74 Å². The zero-order chi connectivity index (χ0) is 16.5. The van der Waals surface area contributed by atoms with E-state index in [0.29, 0.717) is 17.9 Å². The van der Waals surface area contributed by atoms with Crippen molar-refractivity contribution in [3.05, 3.63) is 70.2 Å². The lowest BCUT2D eigenvalue weighted by molar-refractivity contribution is 0.0951. The molecule has 0 heterocycles. The highest BCUT2D eigenvalue weighted by Crippen LogP contribution is 2.23. The van der Waals surface area contributed by atoms with Gasteiger partial charge in [-0.3, -0.25) is 4.79 Å². The van der Waals surface area contributed by atoms with Crippen LogP contribution in [0.5, 0.6) is 5.75 Å². The number of halogens is 1. The van der Waals surface area contributed by atoms with E-state index in [0.717, 1.165) is 10.0 Å². The summed E-state index contributed by atoms with van der Waals surface area (Å²) in [7, 11) is 0. The van der Waals surface area contributed by atoms with Crippen LogP contribution in [0.1, 0.15) is 22.8 Å². The highest BCUT2D eigenvalue weighted by Gasteiger charge is 2.12. The lowest BCUT2D eigenvalue weighted by atomic mass is 10.2. The molecule has 0 radical (unpaired) electrons. The first-order valence-corrected chi connectivity index (χ1v) is 7.97. The highest BCUT2D eigenvalue weighted by atomic mass is 79.9. The molecule has 118 valence electrons. The number of carbonyl (C=O) groups is 1. The first-order valence-electron chi connectivity index (χ1n) is 7.18. The van der Waals surface area contributed by atoms with Crippen molar-refractivity contribution >= 4 is 34.1 Å². The number of carbonyl (C=O) groups excluding carboxylic acids is 1. The van der Waals surface area contributed by atoms with Crippen molar-refractivity contribution in [2.45, 2.75) is 6.92 Å². The number of rotatable bonds is 6. The largest absolute Gasteiger partial charge is 0.493 e. The Morgan fingerprint density at radius 2 is 2.04 bits per heavy atom. The van der Waals surface area contributed by atoms with Crippen LogP contribution in [0.25, 0.3) is 6.08 Å². The van der Waals surface area contributed by atoms with E-state index in [2.05, 4.69) is 26.5 Å². The van der Waals surface area contributed by atoms with Crippen LogP contribution in [-0.4, -0.2) is 18.7 Å². The van der Waals surface area contributed by atoms with E-state index < -0.39 is 0 Å². The van der Waals surface area contributed by atoms with Crippen LogP contribution >= 0.6 is 15.9 Å². The number of hydrazone groups is 1. The van der Waals surface area contributed by atoms with Crippen LogP contribution in [-0.2, 0) is 0 Å². The van der Waals surface area contributed by atoms with Crippen LogP contribution in [0.4, 0.5) is 0 Å². The van der Waals surface area contributed by atoms with Crippen LogP contribution in [0.15, 0.2) is 64.2 Å². The molecule has 2 rings (SSSR count). The average molecular weight is 373 g/mol. The summed E-state index contributed by atoms with van der Waals surface area (Å²) in [6, 6.07) is 15.1. The van der Waals surface area contributed by atoms with Gasteiger partial charge in [0, 0.05) is 10.7 Å². The van der Waals surface area contributed by atoms with Gasteiger partial charge < -0.3 is 4.74 Å². The van der Waals surface area contributed by atoms with Gasteiger partial charge in [-0.2, -0.15) is 5.10 Å². The third-order valence-electron chi connectivity index (χ3n) is 2.90. The van der Waals surface area contributed by atoms with Gasteiger partial charge in [-0.15, -0.1) is 0 Å². The first-order chi connectivity index (χ1) is 11.2. The second kappa shape index (κ2) is 8.90. The number of hydrogen-bond acceptors (Lipinski definition) is 3. The van der Waals surface area contributed by atoms with Crippen LogP contribution in [0, 0.1) is 0 Å². The average Bonchev–Trinajstić information content (AvgIpc) is 2.57. The highest BCUT2D eigenvalue weighted by molar-refractivity contribution is 9.10. The van der Waals surface area contributed by atoms with Crippen molar-refractivity contribution in [1.82, 2.24) is 5.43 Å². The molecule has 0 bridgehead atoms. The van der Waals surface area contributed by atoms with Crippen molar-refractivity contribution in [1.29, 1.82) is 0 Å². The lowest BCUT2D eigenvalue weighted by Crippen LogP contribution is -2.18. The molecule has 0 saturated heterocycles. The molecule has 0 aliphatic carbocycles. The molecule has 2 aromatic carbocycles. The molecule has 0 aromatic heterocycles. The van der Waals surface area contributed by atoms with Gasteiger partial charge in [-0.1, -0.05) is 52.3 Å². The molecule has 0 saturated carbocycles. The predicted octanol–water partition coefficient (Wildman–Crippen LogP) is 4.28. The minimum Gasteiger partial charge on any atom is -0.493 e. The number of nitrogens with one attached hydrogen (secondary N) is 1. The van der Waals surface area contributed by atoms with Crippen molar-refractivity contribution in [3.8, 4) is 5.75 Å². The number of nitrogens with zero attached hydrogens (tertiary/aromatic N) is 1. The molecule has 0 atom stereocenters. The maximum absolute atomic E-state index is 12.2. The maximum atomic E-state index is 12.2. The van der Waals surface area contributed by atoms with E-state index in [-0.39, 0.29) is 5.91 Å². The van der Waals surface area contributed by atoms with Crippen LogP contribution in [0.3, 0.4) is 0 Å². The van der Waals surface area contributed by atoms with E-state index in [1.165, 1.54) is 6.21 Å². The Hall–Kier alpha value is -2.40. The molecular formula is C18H17BrN2O2. The maximum Gasteiger partial charge on any atom is 0.275 e. The van der Waals surface area contributed by atoms with Crippen molar-refractivity contribution in [2.24, 2.45) is 5.10 Å². The van der Waals surface area contributed by atoms with Gasteiger partial charge >= 0.3 is 0 Å². The summed E-state index contributed by atoms with van der Waals surface area (Å²) < 4.78 is 6.26. The molecule has 1 N–H and O–H groups in total. The quantitative estimate of drug-likeness (QED) is 0.607. The predicted molar refractivity (Wildman–Crippen MR) is 96.7 cm³/mol. The number of benzene rings is 2. The molecule has 0 aliphatic heterocycles. The van der Waals surface area contributed by atoms with Crippen molar-refractivity contribution < 1.29 is 9.53 Å². The Morgan fingerprint density at radius 1 is 1.26 bits per heavy atom. The zero-order valence-electron chi connectivity index (χ0n) is 12.7. The van der Waals surface area contributed by atoms with E-state index in [1.807, 2.05) is 49.4 Å². The van der Waals surface area contributed by atoms with Gasteiger partial charge in [0.25, 0.3) is 5.91 Å². The number of hydrogen-bond donors (Lipinski definition) is 1. The summed E-state index contributed by atoms with van der Waals surface area (Å²) in [6.07, 6.45) is 5.20. The summed E-state index contributed by atoms with van der Waals surface area (Å²) in [5, 5.41) is 3.91. The Labute approximate surface area is 144 Å². The number of ether oxygens (including phenoxy) is 1. The fraction of sp³-hybridized carbons (Fsp3) is 0.111. The van der Waals surface area contributed by atoms with Crippen molar-refractivity contribution in [3.63, 3.8) is 0 Å². The van der Waals surface area contributed by atoms with Crippen LogP contribution < -0.4 is 10.2 Å². The number of amides is 1. The third-order valence-corrected chi connectivity index (χ3v) is 3.39. The van der Waals surface area contributed by atoms with Gasteiger partial charge in [0.2, 0.25) is 0 Å². The SMILES string of the molecule is CCOc1ccc(Br)cc1C(=O)NN=CC=Cc1ccccc1. The van der Waals surface area contributed by atoms with E-state index in [1.54, 1.807) is 18.2 Å². The molecule has 23 heavy (non-hydrogen) atoms. The first kappa shape index (κ1) is 17.0. The normalized spacial score (nSPS) is 11.0. The summed E-state index contributed by atoms with van der Waals surface area (Å²) >= 11 is 3.35. The van der Waals surface area contributed by atoms with E-state index in [9.17, 15) is 4.79 Å². The second-order valence-electron chi connectivity index (χ2n) is 4.56. The number of allylic oxidation sites excluding steroid dienone is 1. The van der Waals surface area contributed by atoms with E-state index >= 15 is 0 Å². The minimum atomic E-state index is -0.320. The van der Waals surface area contributed by atoms with Gasteiger partial charge in [0.15, 0.2) is 0 Å².